The topological polar surface area (TPSA) is 20.2 Å². The van der Waals surface area contributed by atoms with Crippen LogP contribution in [0, 0.1) is 5.41 Å². The van der Waals surface area contributed by atoms with E-state index in [0.717, 1.165) is 19.3 Å². The Hall–Kier alpha value is -0.300. The Morgan fingerprint density at radius 2 is 1.92 bits per heavy atom. The largest absolute Gasteiger partial charge is 0.393 e. The molecule has 0 aliphatic rings. The van der Waals surface area contributed by atoms with Crippen molar-refractivity contribution in [2.24, 2.45) is 5.41 Å². The molecular formula is C11H22O. The van der Waals surface area contributed by atoms with Crippen LogP contribution in [0.15, 0.2) is 12.2 Å². The second-order valence-corrected chi connectivity index (χ2v) is 4.73. The van der Waals surface area contributed by atoms with E-state index in [9.17, 15) is 5.11 Å². The van der Waals surface area contributed by atoms with Crippen LogP contribution >= 0.6 is 0 Å². The van der Waals surface area contributed by atoms with Crippen molar-refractivity contribution in [3.05, 3.63) is 12.2 Å². The van der Waals surface area contributed by atoms with Gasteiger partial charge in [-0.25, -0.2) is 0 Å². The molecule has 0 aromatic rings. The van der Waals surface area contributed by atoms with Gasteiger partial charge in [-0.3, -0.25) is 0 Å². The van der Waals surface area contributed by atoms with Crippen LogP contribution in [0.5, 0.6) is 0 Å². The van der Waals surface area contributed by atoms with Gasteiger partial charge in [0.05, 0.1) is 6.10 Å². The first-order valence-electron chi connectivity index (χ1n) is 4.66. The molecule has 1 atom stereocenters. The number of aliphatic hydroxyl groups excluding tert-OH is 1. The van der Waals surface area contributed by atoms with Crippen LogP contribution in [0.3, 0.4) is 0 Å². The minimum absolute atomic E-state index is 0.0229. The molecule has 12 heavy (non-hydrogen) atoms. The van der Waals surface area contributed by atoms with Crippen molar-refractivity contribution in [1.29, 1.82) is 0 Å². The van der Waals surface area contributed by atoms with Gasteiger partial charge in [-0.2, -0.15) is 0 Å². The Morgan fingerprint density at radius 1 is 1.42 bits per heavy atom. The zero-order valence-electron chi connectivity index (χ0n) is 8.85. The van der Waals surface area contributed by atoms with E-state index < -0.39 is 0 Å². The fraction of sp³-hybridized carbons (Fsp3) is 0.818. The van der Waals surface area contributed by atoms with E-state index in [2.05, 4.69) is 27.4 Å². The van der Waals surface area contributed by atoms with Gasteiger partial charge in [-0.05, 0) is 31.6 Å². The molecule has 0 amide bonds. The molecule has 72 valence electrons. The molecule has 0 spiro atoms. The summed E-state index contributed by atoms with van der Waals surface area (Å²) in [5, 5.41) is 9.67. The normalized spacial score (nSPS) is 14.4. The average molecular weight is 170 g/mol. The SMILES string of the molecule is C=C(C)CCCC(O)C(C)(C)C. The number of hydrogen-bond donors (Lipinski definition) is 1. The van der Waals surface area contributed by atoms with Gasteiger partial charge in [-0.15, -0.1) is 6.58 Å². The summed E-state index contributed by atoms with van der Waals surface area (Å²) in [7, 11) is 0. The lowest BCUT2D eigenvalue weighted by Crippen LogP contribution is -2.25. The number of aliphatic hydroxyl groups is 1. The lowest BCUT2D eigenvalue weighted by atomic mass is 9.86. The van der Waals surface area contributed by atoms with Crippen LogP contribution in [0.4, 0.5) is 0 Å². The Bertz CT molecular complexity index is 142. The molecule has 0 heterocycles. The van der Waals surface area contributed by atoms with Gasteiger partial charge < -0.3 is 5.11 Å². The molecule has 0 aliphatic heterocycles. The van der Waals surface area contributed by atoms with E-state index in [1.165, 1.54) is 5.57 Å². The van der Waals surface area contributed by atoms with Crippen LogP contribution in [0.1, 0.15) is 47.0 Å². The van der Waals surface area contributed by atoms with Crippen LogP contribution in [0.2, 0.25) is 0 Å². The standard InChI is InChI=1S/C11H22O/c1-9(2)7-6-8-10(12)11(3,4)5/h10,12H,1,6-8H2,2-5H3. The minimum Gasteiger partial charge on any atom is -0.393 e. The summed E-state index contributed by atoms with van der Waals surface area (Å²) in [6, 6.07) is 0. The number of allylic oxidation sites excluding steroid dienone is 1. The first kappa shape index (κ1) is 11.7. The first-order chi connectivity index (χ1) is 5.34. The molecule has 0 saturated carbocycles. The van der Waals surface area contributed by atoms with Gasteiger partial charge in [0.15, 0.2) is 0 Å². The maximum absolute atomic E-state index is 9.67. The predicted octanol–water partition coefficient (Wildman–Crippen LogP) is 3.14. The van der Waals surface area contributed by atoms with Crippen molar-refractivity contribution >= 4 is 0 Å². The highest BCUT2D eigenvalue weighted by Gasteiger charge is 2.20. The summed E-state index contributed by atoms with van der Waals surface area (Å²) in [6.07, 6.45) is 2.79. The summed E-state index contributed by atoms with van der Waals surface area (Å²) < 4.78 is 0. The molecule has 0 rings (SSSR count). The predicted molar refractivity (Wildman–Crippen MR) is 54.1 cm³/mol. The van der Waals surface area contributed by atoms with Crippen molar-refractivity contribution in [2.45, 2.75) is 53.1 Å². The van der Waals surface area contributed by atoms with Crippen LogP contribution in [-0.4, -0.2) is 11.2 Å². The molecule has 1 nitrogen and oxygen atoms in total. The van der Waals surface area contributed by atoms with Crippen molar-refractivity contribution in [3.8, 4) is 0 Å². The van der Waals surface area contributed by atoms with Gasteiger partial charge in [0.2, 0.25) is 0 Å². The second kappa shape index (κ2) is 4.66. The number of hydrogen-bond acceptors (Lipinski definition) is 1. The fourth-order valence-electron chi connectivity index (χ4n) is 1.03. The summed E-state index contributed by atoms with van der Waals surface area (Å²) in [5.41, 5.74) is 1.23. The quantitative estimate of drug-likeness (QED) is 0.643. The smallest absolute Gasteiger partial charge is 0.0588 e. The Balaban J connectivity index is 3.58. The molecular weight excluding hydrogens is 148 g/mol. The third kappa shape index (κ3) is 5.36. The summed E-state index contributed by atoms with van der Waals surface area (Å²) in [6.45, 7) is 12.1. The maximum Gasteiger partial charge on any atom is 0.0588 e. The van der Waals surface area contributed by atoms with Gasteiger partial charge in [0, 0.05) is 0 Å². The second-order valence-electron chi connectivity index (χ2n) is 4.73. The molecule has 0 aliphatic carbocycles. The molecule has 0 aromatic heterocycles. The third-order valence-electron chi connectivity index (χ3n) is 2.08. The van der Waals surface area contributed by atoms with Crippen molar-refractivity contribution in [3.63, 3.8) is 0 Å². The van der Waals surface area contributed by atoms with Crippen LogP contribution in [-0.2, 0) is 0 Å². The molecule has 0 aromatic carbocycles. The van der Waals surface area contributed by atoms with Crippen molar-refractivity contribution < 1.29 is 5.11 Å². The Labute approximate surface area is 76.5 Å². The lowest BCUT2D eigenvalue weighted by Gasteiger charge is -2.25. The highest BCUT2D eigenvalue weighted by atomic mass is 16.3. The zero-order valence-corrected chi connectivity index (χ0v) is 8.85. The average Bonchev–Trinajstić information content (AvgIpc) is 1.84. The fourth-order valence-corrected chi connectivity index (χ4v) is 1.03. The van der Waals surface area contributed by atoms with Crippen LogP contribution < -0.4 is 0 Å². The third-order valence-corrected chi connectivity index (χ3v) is 2.08. The van der Waals surface area contributed by atoms with Crippen molar-refractivity contribution in [2.75, 3.05) is 0 Å². The molecule has 0 saturated heterocycles. The highest BCUT2D eigenvalue weighted by Crippen LogP contribution is 2.23. The zero-order chi connectivity index (χ0) is 9.78. The summed E-state index contributed by atoms with van der Waals surface area (Å²) in [4.78, 5) is 0. The van der Waals surface area contributed by atoms with Gasteiger partial charge >= 0.3 is 0 Å². The Morgan fingerprint density at radius 3 is 2.25 bits per heavy atom. The van der Waals surface area contributed by atoms with Crippen LogP contribution in [0.25, 0.3) is 0 Å². The molecule has 1 N–H and O–H groups in total. The highest BCUT2D eigenvalue weighted by molar-refractivity contribution is 4.88. The summed E-state index contributed by atoms with van der Waals surface area (Å²) in [5.74, 6) is 0. The van der Waals surface area contributed by atoms with E-state index in [-0.39, 0.29) is 11.5 Å². The molecule has 1 heteroatoms. The molecule has 0 radical (unpaired) electrons. The van der Waals surface area contributed by atoms with E-state index in [0.29, 0.717) is 0 Å². The molecule has 0 bridgehead atoms. The molecule has 0 fully saturated rings. The van der Waals surface area contributed by atoms with Gasteiger partial charge in [0.25, 0.3) is 0 Å². The molecule has 1 unspecified atom stereocenters. The number of rotatable bonds is 4. The monoisotopic (exact) mass is 170 g/mol. The van der Waals surface area contributed by atoms with Crippen molar-refractivity contribution in [1.82, 2.24) is 0 Å². The van der Waals surface area contributed by atoms with Gasteiger partial charge in [0.1, 0.15) is 0 Å². The van der Waals surface area contributed by atoms with E-state index in [4.69, 9.17) is 0 Å². The maximum atomic E-state index is 9.67. The minimum atomic E-state index is -0.183. The van der Waals surface area contributed by atoms with E-state index in [1.807, 2.05) is 6.92 Å². The lowest BCUT2D eigenvalue weighted by molar-refractivity contribution is 0.0540. The Kier molecular flexibility index (Phi) is 4.54. The first-order valence-corrected chi connectivity index (χ1v) is 4.66. The van der Waals surface area contributed by atoms with E-state index in [1.54, 1.807) is 0 Å². The van der Waals surface area contributed by atoms with Gasteiger partial charge in [-0.1, -0.05) is 26.3 Å². The summed E-state index contributed by atoms with van der Waals surface area (Å²) >= 11 is 0. The van der Waals surface area contributed by atoms with E-state index >= 15 is 0 Å².